The number of hydrogen-bond donors (Lipinski definition) is 1. The summed E-state index contributed by atoms with van der Waals surface area (Å²) in [5.74, 6) is -0.789. The Morgan fingerprint density at radius 3 is 2.41 bits per heavy atom. The zero-order valence-corrected chi connectivity index (χ0v) is 15.0. The summed E-state index contributed by atoms with van der Waals surface area (Å²) in [6, 6.07) is 15.8. The molecule has 1 N–H and O–H groups in total. The number of aromatic nitrogens is 2. The Hall–Kier alpha value is -3.00. The largest absolute Gasteiger partial charge is 0.335 e. The average molecular weight is 385 g/mol. The number of carbonyl (C=O) groups excluding carboxylic acids is 1. The van der Waals surface area contributed by atoms with Crippen LogP contribution in [0.15, 0.2) is 65.6 Å². The summed E-state index contributed by atoms with van der Waals surface area (Å²) >= 11 is 0. The third kappa shape index (κ3) is 3.23. The summed E-state index contributed by atoms with van der Waals surface area (Å²) in [5.41, 5.74) is 1.84. The molecule has 6 nitrogen and oxygen atoms in total. The van der Waals surface area contributed by atoms with Gasteiger partial charge in [0.05, 0.1) is 10.6 Å². The van der Waals surface area contributed by atoms with E-state index in [1.165, 1.54) is 17.0 Å². The maximum absolute atomic E-state index is 13.0. The third-order valence-electron chi connectivity index (χ3n) is 4.59. The number of H-pyrrole nitrogens is 1. The molecule has 0 aliphatic carbocycles. The number of nitrogens with zero attached hydrogens (tertiary/aromatic N) is 2. The molecule has 0 unspecified atom stereocenters. The van der Waals surface area contributed by atoms with E-state index in [9.17, 15) is 17.6 Å². The van der Waals surface area contributed by atoms with E-state index in [-0.39, 0.29) is 23.9 Å². The molecular formula is C19H16FN3O3S. The van der Waals surface area contributed by atoms with Gasteiger partial charge < -0.3 is 4.90 Å². The van der Waals surface area contributed by atoms with Gasteiger partial charge in [-0.1, -0.05) is 30.3 Å². The van der Waals surface area contributed by atoms with Gasteiger partial charge in [0.2, 0.25) is 0 Å². The normalized spacial score (nSPS) is 14.8. The highest BCUT2D eigenvalue weighted by atomic mass is 32.2. The van der Waals surface area contributed by atoms with Crippen LogP contribution in [-0.2, 0) is 9.84 Å². The maximum Gasteiger partial charge on any atom is 0.271 e. The number of sulfone groups is 1. The van der Waals surface area contributed by atoms with Crippen LogP contribution in [0, 0.1) is 5.82 Å². The van der Waals surface area contributed by atoms with Crippen molar-refractivity contribution in [2.45, 2.75) is 10.1 Å². The van der Waals surface area contributed by atoms with Gasteiger partial charge in [-0.05, 0) is 30.3 Å². The molecule has 1 aliphatic heterocycles. The molecule has 2 aromatic carbocycles. The van der Waals surface area contributed by atoms with Crippen molar-refractivity contribution < 1.29 is 17.6 Å². The van der Waals surface area contributed by atoms with Crippen molar-refractivity contribution in [1.82, 2.24) is 15.1 Å². The monoisotopic (exact) mass is 385 g/mol. The first-order valence-electron chi connectivity index (χ1n) is 8.35. The van der Waals surface area contributed by atoms with Crippen LogP contribution in [0.3, 0.4) is 0 Å². The van der Waals surface area contributed by atoms with Gasteiger partial charge in [0.1, 0.15) is 16.8 Å². The van der Waals surface area contributed by atoms with Crippen molar-refractivity contribution in [2.75, 3.05) is 13.1 Å². The topological polar surface area (TPSA) is 83.1 Å². The molecule has 138 valence electrons. The first-order valence-corrected chi connectivity index (χ1v) is 9.89. The predicted octanol–water partition coefficient (Wildman–Crippen LogP) is 2.51. The fourth-order valence-electron chi connectivity index (χ4n) is 2.98. The molecule has 1 aromatic heterocycles. The number of likely N-dealkylation sites (tertiary alicyclic amines) is 1. The first-order chi connectivity index (χ1) is 12.9. The lowest BCUT2D eigenvalue weighted by molar-refractivity contribution is 0.0652. The van der Waals surface area contributed by atoms with Crippen LogP contribution in [0.4, 0.5) is 4.39 Å². The fraction of sp³-hybridized carbons (Fsp3) is 0.158. The van der Waals surface area contributed by atoms with E-state index in [1.807, 2.05) is 30.3 Å². The molecule has 0 bridgehead atoms. The van der Waals surface area contributed by atoms with Gasteiger partial charge in [0.15, 0.2) is 9.84 Å². The second-order valence-electron chi connectivity index (χ2n) is 6.36. The van der Waals surface area contributed by atoms with Gasteiger partial charge in [-0.3, -0.25) is 9.89 Å². The van der Waals surface area contributed by atoms with E-state index in [2.05, 4.69) is 10.2 Å². The molecule has 0 radical (unpaired) electrons. The molecule has 2 heterocycles. The first kappa shape index (κ1) is 17.4. The van der Waals surface area contributed by atoms with Crippen LogP contribution in [0.1, 0.15) is 10.5 Å². The quantitative estimate of drug-likeness (QED) is 0.700. The zero-order chi connectivity index (χ0) is 19.0. The summed E-state index contributed by atoms with van der Waals surface area (Å²) in [6.45, 7) is 0.191. The van der Waals surface area contributed by atoms with Gasteiger partial charge in [0, 0.05) is 18.7 Å². The van der Waals surface area contributed by atoms with Crippen molar-refractivity contribution in [2.24, 2.45) is 0 Å². The van der Waals surface area contributed by atoms with Gasteiger partial charge >= 0.3 is 0 Å². The summed E-state index contributed by atoms with van der Waals surface area (Å²) in [5, 5.41) is 6.17. The molecule has 1 saturated heterocycles. The summed E-state index contributed by atoms with van der Waals surface area (Å²) in [7, 11) is -3.59. The number of benzene rings is 2. The number of hydrogen-bond acceptors (Lipinski definition) is 4. The van der Waals surface area contributed by atoms with Crippen LogP contribution in [0.5, 0.6) is 0 Å². The van der Waals surface area contributed by atoms with Crippen LogP contribution < -0.4 is 0 Å². The number of amides is 1. The van der Waals surface area contributed by atoms with Gasteiger partial charge in [-0.25, -0.2) is 12.8 Å². The standard InChI is InChI=1S/C19H16FN3O3S/c20-14-6-8-15(9-7-14)27(25,26)16-11-23(12-16)19(24)18-10-17(21-22-18)13-4-2-1-3-5-13/h1-10,16H,11-12H2,(H,21,22). The Kier molecular flexibility index (Phi) is 4.27. The minimum absolute atomic E-state index is 0.0638. The van der Waals surface area contributed by atoms with Gasteiger partial charge in [0.25, 0.3) is 5.91 Å². The lowest BCUT2D eigenvalue weighted by Gasteiger charge is -2.38. The van der Waals surface area contributed by atoms with Crippen molar-refractivity contribution >= 4 is 15.7 Å². The summed E-state index contributed by atoms with van der Waals surface area (Å²) < 4.78 is 38.1. The number of nitrogens with one attached hydrogen (secondary N) is 1. The van der Waals surface area contributed by atoms with E-state index in [0.717, 1.165) is 17.7 Å². The Morgan fingerprint density at radius 1 is 1.07 bits per heavy atom. The Morgan fingerprint density at radius 2 is 1.74 bits per heavy atom. The smallest absolute Gasteiger partial charge is 0.271 e. The molecule has 1 aliphatic rings. The molecule has 27 heavy (non-hydrogen) atoms. The van der Waals surface area contributed by atoms with Crippen molar-refractivity contribution in [3.05, 3.63) is 72.2 Å². The van der Waals surface area contributed by atoms with Crippen LogP contribution in [0.25, 0.3) is 11.3 Å². The predicted molar refractivity (Wildman–Crippen MR) is 97.3 cm³/mol. The number of aromatic amines is 1. The van der Waals surface area contributed by atoms with Crippen LogP contribution in [0.2, 0.25) is 0 Å². The Balaban J connectivity index is 1.44. The van der Waals surface area contributed by atoms with Crippen molar-refractivity contribution in [1.29, 1.82) is 0 Å². The highest BCUT2D eigenvalue weighted by molar-refractivity contribution is 7.92. The molecule has 0 atom stereocenters. The van der Waals surface area contributed by atoms with E-state index in [4.69, 9.17) is 0 Å². The number of carbonyl (C=O) groups is 1. The Bertz CT molecular complexity index is 1070. The maximum atomic E-state index is 13.0. The molecule has 0 saturated carbocycles. The minimum atomic E-state index is -3.59. The molecule has 4 rings (SSSR count). The minimum Gasteiger partial charge on any atom is -0.335 e. The van der Waals surface area contributed by atoms with Crippen LogP contribution >= 0.6 is 0 Å². The molecule has 3 aromatic rings. The van der Waals surface area contributed by atoms with E-state index < -0.39 is 20.9 Å². The van der Waals surface area contributed by atoms with E-state index in [1.54, 1.807) is 6.07 Å². The second kappa shape index (κ2) is 6.62. The van der Waals surface area contributed by atoms with E-state index in [0.29, 0.717) is 11.4 Å². The molecule has 8 heteroatoms. The molecule has 1 fully saturated rings. The van der Waals surface area contributed by atoms with Crippen molar-refractivity contribution in [3.8, 4) is 11.3 Å². The summed E-state index contributed by atoms with van der Waals surface area (Å²) in [6.07, 6.45) is 0. The lowest BCUT2D eigenvalue weighted by Crippen LogP contribution is -2.56. The zero-order valence-electron chi connectivity index (χ0n) is 14.2. The Labute approximate surface area is 155 Å². The highest BCUT2D eigenvalue weighted by Gasteiger charge is 2.41. The van der Waals surface area contributed by atoms with Crippen LogP contribution in [-0.4, -0.2) is 47.8 Å². The van der Waals surface area contributed by atoms with E-state index >= 15 is 0 Å². The highest BCUT2D eigenvalue weighted by Crippen LogP contribution is 2.26. The average Bonchev–Trinajstić information content (AvgIpc) is 3.11. The molecule has 1 amide bonds. The molecular weight excluding hydrogens is 369 g/mol. The fourth-order valence-corrected chi connectivity index (χ4v) is 4.63. The number of rotatable bonds is 4. The molecule has 0 spiro atoms. The van der Waals surface area contributed by atoms with Crippen molar-refractivity contribution in [3.63, 3.8) is 0 Å². The number of halogens is 1. The summed E-state index contributed by atoms with van der Waals surface area (Å²) in [4.78, 5) is 14.1. The SMILES string of the molecule is O=C(c1cc(-c2ccccc2)n[nH]1)N1CC(S(=O)(=O)c2ccc(F)cc2)C1. The van der Waals surface area contributed by atoms with Gasteiger partial charge in [-0.2, -0.15) is 5.10 Å². The second-order valence-corrected chi connectivity index (χ2v) is 8.59. The van der Waals surface area contributed by atoms with Gasteiger partial charge in [-0.15, -0.1) is 0 Å². The lowest BCUT2D eigenvalue weighted by atomic mass is 10.1. The third-order valence-corrected chi connectivity index (χ3v) is 6.70.